The smallest absolute Gasteiger partial charge is 0.224 e. The lowest BCUT2D eigenvalue weighted by Gasteiger charge is -2.16. The minimum atomic E-state index is -3.79. The highest BCUT2D eigenvalue weighted by Gasteiger charge is 2.20. The van der Waals surface area contributed by atoms with E-state index in [-0.39, 0.29) is 9.79 Å². The van der Waals surface area contributed by atoms with Gasteiger partial charge in [-0.25, -0.2) is 21.6 Å². The Kier molecular flexibility index (Phi) is 5.15. The monoisotopic (exact) mass is 373 g/mol. The molecule has 0 spiro atoms. The molecule has 0 amide bonds. The molecule has 0 aliphatic rings. The Hall–Kier alpha value is -1.41. The Morgan fingerprint density at radius 1 is 0.913 bits per heavy atom. The van der Waals surface area contributed by atoms with Crippen molar-refractivity contribution in [2.45, 2.75) is 22.8 Å². The van der Waals surface area contributed by atoms with Gasteiger partial charge in [-0.2, -0.15) is 0 Å². The second-order valence-corrected chi connectivity index (χ2v) is 9.24. The average molecular weight is 374 g/mol. The topological polar surface area (TPSA) is 80.3 Å². The van der Waals surface area contributed by atoms with Crippen LogP contribution in [0.2, 0.25) is 5.02 Å². The predicted molar refractivity (Wildman–Crippen MR) is 89.7 cm³/mol. The molecule has 0 aliphatic carbocycles. The van der Waals surface area contributed by atoms with Crippen LogP contribution in [0.4, 0.5) is 0 Å². The Balaban J connectivity index is 2.27. The Morgan fingerprint density at radius 2 is 1.43 bits per heavy atom. The van der Waals surface area contributed by atoms with Crippen molar-refractivity contribution in [2.24, 2.45) is 0 Å². The molecular formula is C15H16ClNO4S2. The molecule has 1 N–H and O–H groups in total. The molecular weight excluding hydrogens is 358 g/mol. The molecule has 124 valence electrons. The standard InChI is InChI=1S/C15H16ClNO4S2/c1-11(14-5-3-4-6-15(14)16)17-23(20,21)13-9-7-12(8-10-13)22(2,18)19/h3-11,17H,1-2H3/t11-/m0/s1. The van der Waals surface area contributed by atoms with Gasteiger partial charge in [-0.15, -0.1) is 0 Å². The number of sulfone groups is 1. The molecule has 2 rings (SSSR count). The summed E-state index contributed by atoms with van der Waals surface area (Å²) in [6.45, 7) is 1.68. The van der Waals surface area contributed by atoms with Gasteiger partial charge in [0.05, 0.1) is 9.79 Å². The summed E-state index contributed by atoms with van der Waals surface area (Å²) in [5.74, 6) is 0. The Bertz CT molecular complexity index is 907. The zero-order chi connectivity index (χ0) is 17.3. The van der Waals surface area contributed by atoms with E-state index in [0.29, 0.717) is 10.6 Å². The van der Waals surface area contributed by atoms with E-state index < -0.39 is 25.9 Å². The second kappa shape index (κ2) is 6.60. The summed E-state index contributed by atoms with van der Waals surface area (Å²) < 4.78 is 50.1. The van der Waals surface area contributed by atoms with E-state index >= 15 is 0 Å². The number of rotatable bonds is 5. The number of benzene rings is 2. The molecule has 0 radical (unpaired) electrons. The number of halogens is 1. The molecule has 0 bridgehead atoms. The average Bonchev–Trinajstić information content (AvgIpc) is 2.46. The van der Waals surface area contributed by atoms with E-state index in [1.807, 2.05) is 0 Å². The highest BCUT2D eigenvalue weighted by Crippen LogP contribution is 2.24. The summed E-state index contributed by atoms with van der Waals surface area (Å²) in [6.07, 6.45) is 1.06. The minimum Gasteiger partial charge on any atom is -0.224 e. The first-order valence-electron chi connectivity index (χ1n) is 6.68. The van der Waals surface area contributed by atoms with E-state index in [9.17, 15) is 16.8 Å². The van der Waals surface area contributed by atoms with E-state index in [4.69, 9.17) is 11.6 Å². The number of hydrogen-bond acceptors (Lipinski definition) is 4. The van der Waals surface area contributed by atoms with Crippen LogP contribution in [0.1, 0.15) is 18.5 Å². The van der Waals surface area contributed by atoms with E-state index in [2.05, 4.69) is 4.72 Å². The van der Waals surface area contributed by atoms with Crippen molar-refractivity contribution in [3.8, 4) is 0 Å². The third kappa shape index (κ3) is 4.32. The van der Waals surface area contributed by atoms with Crippen molar-refractivity contribution >= 4 is 31.5 Å². The fraction of sp³-hybridized carbons (Fsp3) is 0.200. The van der Waals surface area contributed by atoms with E-state index in [1.165, 1.54) is 24.3 Å². The zero-order valence-corrected chi connectivity index (χ0v) is 14.9. The number of sulfonamides is 1. The van der Waals surface area contributed by atoms with Crippen molar-refractivity contribution in [2.75, 3.05) is 6.26 Å². The highest BCUT2D eigenvalue weighted by molar-refractivity contribution is 7.90. The predicted octanol–water partition coefficient (Wildman–Crippen LogP) is 2.78. The molecule has 1 atom stereocenters. The van der Waals surface area contributed by atoms with E-state index in [0.717, 1.165) is 6.26 Å². The van der Waals surface area contributed by atoms with Gasteiger partial charge in [-0.3, -0.25) is 0 Å². The van der Waals surface area contributed by atoms with Crippen LogP contribution in [-0.2, 0) is 19.9 Å². The van der Waals surface area contributed by atoms with Crippen LogP contribution in [0.3, 0.4) is 0 Å². The van der Waals surface area contributed by atoms with Crippen LogP contribution in [0.25, 0.3) is 0 Å². The second-order valence-electron chi connectivity index (χ2n) is 5.11. The van der Waals surface area contributed by atoms with Gasteiger partial charge in [0.1, 0.15) is 0 Å². The normalized spacial score (nSPS) is 13.7. The molecule has 0 aliphatic heterocycles. The summed E-state index contributed by atoms with van der Waals surface area (Å²) >= 11 is 6.06. The van der Waals surface area contributed by atoms with Crippen LogP contribution < -0.4 is 4.72 Å². The summed E-state index contributed by atoms with van der Waals surface area (Å²) in [7, 11) is -7.16. The number of hydrogen-bond donors (Lipinski definition) is 1. The first kappa shape index (κ1) is 17.9. The largest absolute Gasteiger partial charge is 0.241 e. The molecule has 0 unspecified atom stereocenters. The van der Waals surface area contributed by atoms with Gasteiger partial charge in [-0.05, 0) is 42.8 Å². The molecule has 23 heavy (non-hydrogen) atoms. The summed E-state index contributed by atoms with van der Waals surface area (Å²) in [6, 6.07) is 11.5. The molecule has 0 saturated carbocycles. The lowest BCUT2D eigenvalue weighted by Crippen LogP contribution is -2.27. The van der Waals surface area contributed by atoms with Crippen LogP contribution in [0.5, 0.6) is 0 Å². The Labute approximate surface area is 141 Å². The first-order chi connectivity index (χ1) is 10.6. The lowest BCUT2D eigenvalue weighted by molar-refractivity contribution is 0.566. The lowest BCUT2D eigenvalue weighted by atomic mass is 10.1. The molecule has 2 aromatic rings. The van der Waals surface area contributed by atoms with Crippen molar-refractivity contribution in [3.05, 3.63) is 59.1 Å². The maximum absolute atomic E-state index is 12.4. The quantitative estimate of drug-likeness (QED) is 0.873. The Morgan fingerprint density at radius 3 is 1.96 bits per heavy atom. The van der Waals surface area contributed by atoms with Gasteiger partial charge >= 0.3 is 0 Å². The third-order valence-electron chi connectivity index (χ3n) is 3.27. The van der Waals surface area contributed by atoms with Crippen LogP contribution in [0, 0.1) is 0 Å². The minimum absolute atomic E-state index is 0.0104. The van der Waals surface area contributed by atoms with Crippen molar-refractivity contribution in [1.82, 2.24) is 4.72 Å². The summed E-state index contributed by atoms with van der Waals surface area (Å²) in [4.78, 5) is 0.0550. The fourth-order valence-corrected chi connectivity index (χ4v) is 4.21. The van der Waals surface area contributed by atoms with Crippen molar-refractivity contribution in [3.63, 3.8) is 0 Å². The summed E-state index contributed by atoms with van der Waals surface area (Å²) in [5.41, 5.74) is 0.658. The molecule has 0 heterocycles. The fourth-order valence-electron chi connectivity index (χ4n) is 2.06. The maximum atomic E-state index is 12.4. The zero-order valence-electron chi connectivity index (χ0n) is 12.5. The van der Waals surface area contributed by atoms with Gasteiger partial charge in [0.25, 0.3) is 0 Å². The van der Waals surface area contributed by atoms with Crippen LogP contribution >= 0.6 is 11.6 Å². The van der Waals surface area contributed by atoms with E-state index in [1.54, 1.807) is 31.2 Å². The SMILES string of the molecule is C[C@H](NS(=O)(=O)c1ccc(S(C)(=O)=O)cc1)c1ccccc1Cl. The highest BCUT2D eigenvalue weighted by atomic mass is 35.5. The molecule has 8 heteroatoms. The molecule has 5 nitrogen and oxygen atoms in total. The molecule has 0 aromatic heterocycles. The molecule has 0 fully saturated rings. The van der Waals surface area contributed by atoms with Crippen LogP contribution in [0.15, 0.2) is 58.3 Å². The van der Waals surface area contributed by atoms with Crippen molar-refractivity contribution in [1.29, 1.82) is 0 Å². The van der Waals surface area contributed by atoms with Gasteiger partial charge in [-0.1, -0.05) is 29.8 Å². The van der Waals surface area contributed by atoms with Crippen LogP contribution in [-0.4, -0.2) is 23.1 Å². The van der Waals surface area contributed by atoms with Gasteiger partial charge in [0, 0.05) is 17.3 Å². The number of nitrogens with one attached hydrogen (secondary N) is 1. The maximum Gasteiger partial charge on any atom is 0.241 e. The first-order valence-corrected chi connectivity index (χ1v) is 10.4. The van der Waals surface area contributed by atoms with Crippen molar-refractivity contribution < 1.29 is 16.8 Å². The summed E-state index contributed by atoms with van der Waals surface area (Å²) in [5, 5.41) is 0.468. The van der Waals surface area contributed by atoms with Gasteiger partial charge < -0.3 is 0 Å². The molecule has 2 aromatic carbocycles. The third-order valence-corrected chi connectivity index (χ3v) is 6.30. The van der Waals surface area contributed by atoms with Gasteiger partial charge in [0.2, 0.25) is 10.0 Å². The molecule has 0 saturated heterocycles. The van der Waals surface area contributed by atoms with Gasteiger partial charge in [0.15, 0.2) is 9.84 Å².